The van der Waals surface area contributed by atoms with Gasteiger partial charge in [0.15, 0.2) is 0 Å². The van der Waals surface area contributed by atoms with Crippen LogP contribution in [0.3, 0.4) is 0 Å². The number of hydrogen-bond donors (Lipinski definition) is 0. The van der Waals surface area contributed by atoms with Crippen molar-refractivity contribution in [3.63, 3.8) is 0 Å². The summed E-state index contributed by atoms with van der Waals surface area (Å²) in [5.41, 5.74) is 0. The van der Waals surface area contributed by atoms with Crippen molar-refractivity contribution in [3.8, 4) is 5.75 Å². The molecule has 116 valence electrons. The summed E-state index contributed by atoms with van der Waals surface area (Å²) >= 11 is 5.82. The second-order valence-corrected chi connectivity index (χ2v) is 5.31. The number of carbonyl (C=O) groups excluding carboxylic acids is 1. The number of rotatable bonds is 6. The van der Waals surface area contributed by atoms with Gasteiger partial charge in [-0.1, -0.05) is 11.6 Å². The molecule has 1 aliphatic rings. The van der Waals surface area contributed by atoms with Crippen LogP contribution >= 0.6 is 11.6 Å². The number of hydrogen-bond acceptors (Lipinski definition) is 5. The number of esters is 1. The average molecular weight is 314 g/mol. The first-order valence-electron chi connectivity index (χ1n) is 6.96. The van der Waals surface area contributed by atoms with E-state index >= 15 is 0 Å². The molecule has 1 saturated heterocycles. The Morgan fingerprint density at radius 1 is 1.43 bits per heavy atom. The van der Waals surface area contributed by atoms with Crippen LogP contribution in [0.5, 0.6) is 5.75 Å². The molecule has 0 spiro atoms. The van der Waals surface area contributed by atoms with Gasteiger partial charge in [0, 0.05) is 24.7 Å². The Hall–Kier alpha value is -1.30. The molecule has 6 heteroatoms. The van der Waals surface area contributed by atoms with Crippen molar-refractivity contribution in [2.45, 2.75) is 12.5 Å². The average Bonchev–Trinajstić information content (AvgIpc) is 2.49. The molecular formula is C15H20ClNO4. The molecule has 1 aromatic rings. The standard InChI is InChI=1S/C15H20ClNO4/c1-19-15(18)10-14-11-17(7-9-21-14)6-8-20-13-4-2-12(16)3-5-13/h2-5,14H,6-11H2,1H3. The highest BCUT2D eigenvalue weighted by Crippen LogP contribution is 2.15. The van der Waals surface area contributed by atoms with Crippen LogP contribution in [0.4, 0.5) is 0 Å². The highest BCUT2D eigenvalue weighted by molar-refractivity contribution is 6.30. The third kappa shape index (κ3) is 5.53. The second kappa shape index (κ2) is 8.22. The monoisotopic (exact) mass is 313 g/mol. The molecule has 0 radical (unpaired) electrons. The zero-order valence-corrected chi connectivity index (χ0v) is 12.8. The predicted octanol–water partition coefficient (Wildman–Crippen LogP) is 1.98. The van der Waals surface area contributed by atoms with Gasteiger partial charge < -0.3 is 14.2 Å². The van der Waals surface area contributed by atoms with Gasteiger partial charge in [-0.15, -0.1) is 0 Å². The van der Waals surface area contributed by atoms with Crippen molar-refractivity contribution >= 4 is 17.6 Å². The Balaban J connectivity index is 1.70. The number of morpholine rings is 1. The number of benzene rings is 1. The molecule has 1 heterocycles. The molecule has 0 N–H and O–H groups in total. The van der Waals surface area contributed by atoms with Crippen LogP contribution in [-0.2, 0) is 14.3 Å². The Labute approximate surface area is 129 Å². The zero-order chi connectivity index (χ0) is 15.1. The lowest BCUT2D eigenvalue weighted by atomic mass is 10.2. The van der Waals surface area contributed by atoms with Crippen LogP contribution in [0.25, 0.3) is 0 Å². The molecule has 0 bridgehead atoms. The lowest BCUT2D eigenvalue weighted by molar-refractivity contribution is -0.145. The van der Waals surface area contributed by atoms with Crippen LogP contribution < -0.4 is 4.74 Å². The fraction of sp³-hybridized carbons (Fsp3) is 0.533. The number of methoxy groups -OCH3 is 1. The smallest absolute Gasteiger partial charge is 0.308 e. The summed E-state index contributed by atoms with van der Waals surface area (Å²) in [6, 6.07) is 7.31. The lowest BCUT2D eigenvalue weighted by Gasteiger charge is -2.32. The highest BCUT2D eigenvalue weighted by atomic mass is 35.5. The van der Waals surface area contributed by atoms with Crippen LogP contribution in [0.2, 0.25) is 5.02 Å². The SMILES string of the molecule is COC(=O)CC1CN(CCOc2ccc(Cl)cc2)CCO1. The van der Waals surface area contributed by atoms with Crippen molar-refractivity contribution in [1.29, 1.82) is 0 Å². The summed E-state index contributed by atoms with van der Waals surface area (Å²) in [7, 11) is 1.39. The van der Waals surface area contributed by atoms with Gasteiger partial charge in [0.2, 0.25) is 0 Å². The molecule has 1 aliphatic heterocycles. The first kappa shape index (κ1) is 16.1. The molecular weight excluding hydrogens is 294 g/mol. The van der Waals surface area contributed by atoms with Crippen LogP contribution in [-0.4, -0.2) is 56.9 Å². The number of carbonyl (C=O) groups is 1. The maximum Gasteiger partial charge on any atom is 0.308 e. The fourth-order valence-electron chi connectivity index (χ4n) is 2.20. The molecule has 0 amide bonds. The van der Waals surface area contributed by atoms with Gasteiger partial charge in [-0.2, -0.15) is 0 Å². The zero-order valence-electron chi connectivity index (χ0n) is 12.1. The third-order valence-corrected chi connectivity index (χ3v) is 3.59. The fourth-order valence-corrected chi connectivity index (χ4v) is 2.33. The van der Waals surface area contributed by atoms with Gasteiger partial charge in [-0.05, 0) is 24.3 Å². The summed E-state index contributed by atoms with van der Waals surface area (Å²) < 4.78 is 15.9. The summed E-state index contributed by atoms with van der Waals surface area (Å²) in [5.74, 6) is 0.568. The van der Waals surface area contributed by atoms with E-state index in [0.29, 0.717) is 24.7 Å². The quantitative estimate of drug-likeness (QED) is 0.752. The first-order valence-corrected chi connectivity index (χ1v) is 7.34. The maximum absolute atomic E-state index is 11.3. The number of nitrogens with zero attached hydrogens (tertiary/aromatic N) is 1. The van der Waals surface area contributed by atoms with Crippen LogP contribution in [0.1, 0.15) is 6.42 Å². The van der Waals surface area contributed by atoms with Crippen molar-refractivity contribution in [2.75, 3.05) is 40.0 Å². The second-order valence-electron chi connectivity index (χ2n) is 4.88. The Morgan fingerprint density at radius 2 is 2.19 bits per heavy atom. The summed E-state index contributed by atoms with van der Waals surface area (Å²) in [6.45, 7) is 3.58. The Morgan fingerprint density at radius 3 is 2.90 bits per heavy atom. The van der Waals surface area contributed by atoms with E-state index in [9.17, 15) is 4.79 Å². The minimum Gasteiger partial charge on any atom is -0.492 e. The Bertz CT molecular complexity index is 451. The van der Waals surface area contributed by atoms with Crippen LogP contribution in [0.15, 0.2) is 24.3 Å². The van der Waals surface area contributed by atoms with E-state index in [2.05, 4.69) is 9.64 Å². The summed E-state index contributed by atoms with van der Waals surface area (Å²) in [4.78, 5) is 13.5. The van der Waals surface area contributed by atoms with E-state index in [1.165, 1.54) is 7.11 Å². The van der Waals surface area contributed by atoms with Crippen molar-refractivity contribution < 1.29 is 19.0 Å². The number of ether oxygens (including phenoxy) is 3. The molecule has 2 rings (SSSR count). The summed E-state index contributed by atoms with van der Waals surface area (Å²) in [6.07, 6.45) is 0.201. The van der Waals surface area contributed by atoms with Gasteiger partial charge in [-0.3, -0.25) is 9.69 Å². The van der Waals surface area contributed by atoms with Gasteiger partial charge in [0.05, 0.1) is 26.2 Å². The largest absolute Gasteiger partial charge is 0.492 e. The predicted molar refractivity (Wildman–Crippen MR) is 79.8 cm³/mol. The van der Waals surface area contributed by atoms with E-state index < -0.39 is 0 Å². The van der Waals surface area contributed by atoms with E-state index in [1.807, 2.05) is 12.1 Å². The van der Waals surface area contributed by atoms with Crippen molar-refractivity contribution in [3.05, 3.63) is 29.3 Å². The van der Waals surface area contributed by atoms with E-state index in [-0.39, 0.29) is 12.1 Å². The molecule has 1 fully saturated rings. The van der Waals surface area contributed by atoms with Gasteiger partial charge >= 0.3 is 5.97 Å². The normalized spacial score (nSPS) is 19.2. The first-order chi connectivity index (χ1) is 10.2. The van der Waals surface area contributed by atoms with Gasteiger partial charge in [0.25, 0.3) is 0 Å². The molecule has 1 atom stereocenters. The highest BCUT2D eigenvalue weighted by Gasteiger charge is 2.22. The topological polar surface area (TPSA) is 48.0 Å². The molecule has 1 aromatic carbocycles. The van der Waals surface area contributed by atoms with E-state index in [0.717, 1.165) is 25.4 Å². The van der Waals surface area contributed by atoms with Gasteiger partial charge in [0.1, 0.15) is 12.4 Å². The van der Waals surface area contributed by atoms with E-state index in [1.54, 1.807) is 12.1 Å². The van der Waals surface area contributed by atoms with Crippen molar-refractivity contribution in [2.24, 2.45) is 0 Å². The lowest BCUT2D eigenvalue weighted by Crippen LogP contribution is -2.44. The minimum atomic E-state index is -0.237. The van der Waals surface area contributed by atoms with Gasteiger partial charge in [-0.25, -0.2) is 0 Å². The van der Waals surface area contributed by atoms with Crippen molar-refractivity contribution in [1.82, 2.24) is 4.90 Å². The molecule has 0 aliphatic carbocycles. The molecule has 0 saturated carbocycles. The van der Waals surface area contributed by atoms with Crippen LogP contribution in [0, 0.1) is 0 Å². The Kier molecular flexibility index (Phi) is 6.29. The molecule has 21 heavy (non-hydrogen) atoms. The number of halogens is 1. The molecule has 0 aromatic heterocycles. The minimum absolute atomic E-state index is 0.0956. The summed E-state index contributed by atoms with van der Waals surface area (Å²) in [5, 5.41) is 0.696. The maximum atomic E-state index is 11.3. The third-order valence-electron chi connectivity index (χ3n) is 3.33. The molecule has 1 unspecified atom stereocenters. The van der Waals surface area contributed by atoms with E-state index in [4.69, 9.17) is 21.1 Å². The molecule has 5 nitrogen and oxygen atoms in total.